The maximum atomic E-state index is 10.7. The average molecular weight is 246 g/mol. The van der Waals surface area contributed by atoms with Crippen LogP contribution >= 0.6 is 15.9 Å². The molecule has 0 fully saturated rings. The number of aromatic nitrogens is 1. The molecule has 0 aromatic carbocycles. The second-order valence-corrected chi connectivity index (χ2v) is 3.11. The molecule has 1 aromatic heterocycles. The Hall–Kier alpha value is -1.14. The van der Waals surface area contributed by atoms with E-state index in [4.69, 9.17) is 10.6 Å². The molecule has 0 atom stereocenters. The normalized spacial score (nSPS) is 9.38. The lowest BCUT2D eigenvalue weighted by Gasteiger charge is -2.03. The second-order valence-electron chi connectivity index (χ2n) is 2.20. The third kappa shape index (κ3) is 3.39. The summed E-state index contributed by atoms with van der Waals surface area (Å²) in [5, 5.41) is 0. The van der Waals surface area contributed by atoms with Gasteiger partial charge in [0.05, 0.1) is 6.20 Å². The quantitative estimate of drug-likeness (QED) is 0.454. The van der Waals surface area contributed by atoms with Gasteiger partial charge in [-0.2, -0.15) is 0 Å². The van der Waals surface area contributed by atoms with Crippen molar-refractivity contribution in [3.63, 3.8) is 0 Å². The molecule has 0 unspecified atom stereocenters. The Morgan fingerprint density at radius 3 is 3.08 bits per heavy atom. The summed E-state index contributed by atoms with van der Waals surface area (Å²) in [5.41, 5.74) is 1.95. The van der Waals surface area contributed by atoms with Crippen LogP contribution in [-0.2, 0) is 4.79 Å². The van der Waals surface area contributed by atoms with Crippen LogP contribution in [0.4, 0.5) is 0 Å². The van der Waals surface area contributed by atoms with Crippen molar-refractivity contribution in [1.82, 2.24) is 10.4 Å². The summed E-state index contributed by atoms with van der Waals surface area (Å²) in [5.74, 6) is 4.98. The third-order valence-corrected chi connectivity index (χ3v) is 1.64. The minimum absolute atomic E-state index is 0.116. The molecular formula is C7H8BrN3O2. The summed E-state index contributed by atoms with van der Waals surface area (Å²) in [6.45, 7) is -0.116. The minimum Gasteiger partial charge on any atom is -0.482 e. The fourth-order valence-electron chi connectivity index (χ4n) is 0.662. The molecular weight excluding hydrogens is 238 g/mol. The number of carbonyl (C=O) groups is 1. The summed E-state index contributed by atoms with van der Waals surface area (Å²) in [6.07, 6.45) is 3.13. The van der Waals surface area contributed by atoms with Crippen molar-refractivity contribution >= 4 is 21.8 Å². The number of amides is 1. The molecule has 0 bridgehead atoms. The highest BCUT2D eigenvalue weighted by molar-refractivity contribution is 9.10. The van der Waals surface area contributed by atoms with Gasteiger partial charge in [0.25, 0.3) is 5.91 Å². The molecule has 5 nitrogen and oxygen atoms in total. The highest BCUT2D eigenvalue weighted by atomic mass is 79.9. The largest absolute Gasteiger partial charge is 0.482 e. The molecule has 0 aliphatic heterocycles. The molecule has 1 rings (SSSR count). The van der Waals surface area contributed by atoms with E-state index < -0.39 is 0 Å². The molecule has 0 saturated heterocycles. The van der Waals surface area contributed by atoms with Crippen LogP contribution in [0.5, 0.6) is 5.75 Å². The van der Waals surface area contributed by atoms with E-state index in [-0.39, 0.29) is 12.5 Å². The summed E-state index contributed by atoms with van der Waals surface area (Å²) in [4.78, 5) is 14.5. The van der Waals surface area contributed by atoms with E-state index >= 15 is 0 Å². The maximum absolute atomic E-state index is 10.7. The van der Waals surface area contributed by atoms with E-state index in [2.05, 4.69) is 20.9 Å². The average Bonchev–Trinajstić information content (AvgIpc) is 2.14. The highest BCUT2D eigenvalue weighted by Crippen LogP contribution is 2.15. The predicted octanol–water partition coefficient (Wildman–Crippen LogP) is 0.213. The van der Waals surface area contributed by atoms with E-state index in [0.29, 0.717) is 5.75 Å². The maximum Gasteiger partial charge on any atom is 0.271 e. The van der Waals surface area contributed by atoms with Crippen molar-refractivity contribution in [3.05, 3.63) is 22.9 Å². The molecule has 0 saturated carbocycles. The first kappa shape index (κ1) is 9.94. The van der Waals surface area contributed by atoms with Gasteiger partial charge in [0, 0.05) is 10.7 Å². The second kappa shape index (κ2) is 4.78. The Morgan fingerprint density at radius 2 is 2.46 bits per heavy atom. The fraction of sp³-hybridized carbons (Fsp3) is 0.143. The molecule has 0 aliphatic rings. The van der Waals surface area contributed by atoms with Crippen molar-refractivity contribution < 1.29 is 9.53 Å². The van der Waals surface area contributed by atoms with E-state index in [0.717, 1.165) is 4.47 Å². The lowest BCUT2D eigenvalue weighted by Crippen LogP contribution is -2.34. The van der Waals surface area contributed by atoms with Gasteiger partial charge in [0.1, 0.15) is 5.75 Å². The number of nitrogens with one attached hydrogen (secondary N) is 1. The van der Waals surface area contributed by atoms with Gasteiger partial charge in [-0.25, -0.2) is 5.84 Å². The molecule has 1 heterocycles. The first-order valence-electron chi connectivity index (χ1n) is 3.45. The first-order chi connectivity index (χ1) is 6.22. The zero-order chi connectivity index (χ0) is 9.68. The Balaban J connectivity index is 2.50. The molecule has 13 heavy (non-hydrogen) atoms. The zero-order valence-electron chi connectivity index (χ0n) is 6.66. The van der Waals surface area contributed by atoms with Crippen molar-refractivity contribution in [1.29, 1.82) is 0 Å². The number of ether oxygens (including phenoxy) is 1. The van der Waals surface area contributed by atoms with Gasteiger partial charge in [-0.15, -0.1) is 0 Å². The van der Waals surface area contributed by atoms with E-state index in [9.17, 15) is 4.79 Å². The Kier molecular flexibility index (Phi) is 3.66. The summed E-state index contributed by atoms with van der Waals surface area (Å²) in [7, 11) is 0. The van der Waals surface area contributed by atoms with Gasteiger partial charge in [-0.05, 0) is 22.0 Å². The summed E-state index contributed by atoms with van der Waals surface area (Å²) >= 11 is 3.22. The molecule has 6 heteroatoms. The van der Waals surface area contributed by atoms with Crippen LogP contribution in [0.2, 0.25) is 0 Å². The number of hydrogen-bond acceptors (Lipinski definition) is 4. The smallest absolute Gasteiger partial charge is 0.271 e. The zero-order valence-corrected chi connectivity index (χ0v) is 8.24. The molecule has 70 valence electrons. The van der Waals surface area contributed by atoms with Gasteiger partial charge in [-0.3, -0.25) is 15.2 Å². The standard InChI is InChI=1S/C7H8BrN3O2/c8-5-1-6(3-10-2-5)13-4-7(12)11-9/h1-3H,4,9H2,(H,11,12). The fourth-order valence-corrected chi connectivity index (χ4v) is 1.01. The minimum atomic E-state index is -0.389. The van der Waals surface area contributed by atoms with Crippen LogP contribution in [0.15, 0.2) is 22.9 Å². The van der Waals surface area contributed by atoms with E-state index in [1.807, 2.05) is 5.43 Å². The number of rotatable bonds is 3. The Labute approximate surface area is 83.4 Å². The highest BCUT2D eigenvalue weighted by Gasteiger charge is 2.00. The molecule has 0 aliphatic carbocycles. The number of halogens is 1. The van der Waals surface area contributed by atoms with E-state index in [1.165, 1.54) is 6.20 Å². The molecule has 1 amide bonds. The van der Waals surface area contributed by atoms with Gasteiger partial charge in [0.15, 0.2) is 6.61 Å². The van der Waals surface area contributed by atoms with Crippen LogP contribution in [-0.4, -0.2) is 17.5 Å². The number of carbonyl (C=O) groups excluding carboxylic acids is 1. The van der Waals surface area contributed by atoms with E-state index in [1.54, 1.807) is 12.3 Å². The van der Waals surface area contributed by atoms with Crippen LogP contribution in [0.3, 0.4) is 0 Å². The van der Waals surface area contributed by atoms with Gasteiger partial charge >= 0.3 is 0 Å². The molecule has 0 radical (unpaired) electrons. The van der Waals surface area contributed by atoms with Crippen LogP contribution in [0.25, 0.3) is 0 Å². The van der Waals surface area contributed by atoms with Crippen LogP contribution in [0, 0.1) is 0 Å². The number of pyridine rings is 1. The molecule has 0 spiro atoms. The Morgan fingerprint density at radius 1 is 1.69 bits per heavy atom. The number of hydrazine groups is 1. The van der Waals surface area contributed by atoms with Crippen LogP contribution in [0.1, 0.15) is 0 Å². The lowest BCUT2D eigenvalue weighted by molar-refractivity contribution is -0.123. The lowest BCUT2D eigenvalue weighted by atomic mass is 10.5. The predicted molar refractivity (Wildman–Crippen MR) is 49.8 cm³/mol. The number of nitrogens with zero attached hydrogens (tertiary/aromatic N) is 1. The number of hydrogen-bond donors (Lipinski definition) is 2. The first-order valence-corrected chi connectivity index (χ1v) is 4.24. The monoisotopic (exact) mass is 245 g/mol. The van der Waals surface area contributed by atoms with Crippen LogP contribution < -0.4 is 16.0 Å². The molecule has 3 N–H and O–H groups in total. The van der Waals surface area contributed by atoms with Crippen molar-refractivity contribution in [2.45, 2.75) is 0 Å². The number of nitrogens with two attached hydrogens (primary N) is 1. The Bertz CT molecular complexity index is 306. The SMILES string of the molecule is NNC(=O)COc1cncc(Br)c1. The van der Waals surface area contributed by atoms with Crippen molar-refractivity contribution in [2.24, 2.45) is 5.84 Å². The van der Waals surface area contributed by atoms with Crippen molar-refractivity contribution in [2.75, 3.05) is 6.61 Å². The van der Waals surface area contributed by atoms with Crippen molar-refractivity contribution in [3.8, 4) is 5.75 Å². The topological polar surface area (TPSA) is 77.2 Å². The third-order valence-electron chi connectivity index (χ3n) is 1.21. The van der Waals surface area contributed by atoms with Gasteiger partial charge < -0.3 is 4.74 Å². The summed E-state index contributed by atoms with van der Waals surface area (Å²) in [6, 6.07) is 1.71. The molecule has 1 aromatic rings. The summed E-state index contributed by atoms with van der Waals surface area (Å²) < 4.78 is 5.84. The van der Waals surface area contributed by atoms with Gasteiger partial charge in [0.2, 0.25) is 0 Å². The van der Waals surface area contributed by atoms with Gasteiger partial charge in [-0.1, -0.05) is 0 Å².